The number of aromatic nitrogens is 2. The van der Waals surface area contributed by atoms with Gasteiger partial charge in [0, 0.05) is 22.4 Å². The van der Waals surface area contributed by atoms with Crippen LogP contribution in [0.4, 0.5) is 5.69 Å². The van der Waals surface area contributed by atoms with E-state index in [1.165, 1.54) is 7.11 Å². The molecule has 0 unspecified atom stereocenters. The number of hydrogen-bond acceptors (Lipinski definition) is 5. The van der Waals surface area contributed by atoms with Crippen LogP contribution in [-0.2, 0) is 0 Å². The number of nitrogens with one attached hydrogen (secondary N) is 1. The van der Waals surface area contributed by atoms with Crippen LogP contribution in [0.25, 0.3) is 22.8 Å². The Morgan fingerprint density at radius 1 is 1.00 bits per heavy atom. The topological polar surface area (TPSA) is 77.2 Å². The average Bonchev–Trinajstić information content (AvgIpc) is 3.25. The molecule has 0 aliphatic rings. The van der Waals surface area contributed by atoms with Gasteiger partial charge in [0.25, 0.3) is 11.8 Å². The van der Waals surface area contributed by atoms with E-state index in [0.717, 1.165) is 11.1 Å². The van der Waals surface area contributed by atoms with Gasteiger partial charge < -0.3 is 14.6 Å². The highest BCUT2D eigenvalue weighted by molar-refractivity contribution is 6.32. The largest absolute Gasteiger partial charge is 0.495 e. The van der Waals surface area contributed by atoms with E-state index < -0.39 is 0 Å². The first-order valence-electron chi connectivity index (χ1n) is 8.78. The Morgan fingerprint density at radius 3 is 2.45 bits per heavy atom. The lowest BCUT2D eigenvalue weighted by atomic mass is 10.1. The fourth-order valence-corrected chi connectivity index (χ4v) is 3.01. The molecule has 0 aliphatic heterocycles. The summed E-state index contributed by atoms with van der Waals surface area (Å²) in [4.78, 5) is 16.9. The minimum atomic E-state index is -0.272. The fourth-order valence-electron chi connectivity index (χ4n) is 2.75. The molecule has 29 heavy (non-hydrogen) atoms. The third-order valence-corrected chi connectivity index (χ3v) is 4.56. The number of ether oxygens (including phenoxy) is 1. The van der Waals surface area contributed by atoms with Crippen LogP contribution in [0, 0.1) is 0 Å². The molecule has 144 valence electrons. The van der Waals surface area contributed by atoms with Crippen molar-refractivity contribution >= 4 is 23.2 Å². The Morgan fingerprint density at radius 2 is 1.76 bits per heavy atom. The molecule has 6 nitrogen and oxygen atoms in total. The van der Waals surface area contributed by atoms with Gasteiger partial charge in [-0.05, 0) is 42.5 Å². The van der Waals surface area contributed by atoms with Gasteiger partial charge in [0.05, 0.1) is 12.1 Å². The smallest absolute Gasteiger partial charge is 0.258 e. The molecule has 4 aromatic rings. The van der Waals surface area contributed by atoms with Gasteiger partial charge >= 0.3 is 0 Å². The summed E-state index contributed by atoms with van der Waals surface area (Å²) in [5.74, 6) is 1.17. The lowest BCUT2D eigenvalue weighted by molar-refractivity contribution is 0.102. The second kappa shape index (κ2) is 8.16. The standard InChI is InChI=1S/C22H16ClN3O3/c1-28-19-12-9-16(13-18(19)23)21(27)24-17-10-7-15(8-11-17)22-25-20(26-29-22)14-5-3-2-4-6-14/h2-13H,1H3,(H,24,27). The van der Waals surface area contributed by atoms with Gasteiger partial charge in [0.15, 0.2) is 0 Å². The highest BCUT2D eigenvalue weighted by Gasteiger charge is 2.12. The molecule has 3 aromatic carbocycles. The van der Waals surface area contributed by atoms with Crippen LogP contribution in [0.15, 0.2) is 77.3 Å². The highest BCUT2D eigenvalue weighted by atomic mass is 35.5. The summed E-state index contributed by atoms with van der Waals surface area (Å²) in [6.45, 7) is 0. The van der Waals surface area contributed by atoms with Crippen molar-refractivity contribution in [3.05, 3.63) is 83.4 Å². The number of anilines is 1. The second-order valence-corrected chi connectivity index (χ2v) is 6.58. The van der Waals surface area contributed by atoms with Crippen LogP contribution in [0.5, 0.6) is 5.75 Å². The van der Waals surface area contributed by atoms with E-state index in [0.29, 0.717) is 33.7 Å². The third kappa shape index (κ3) is 4.12. The van der Waals surface area contributed by atoms with E-state index >= 15 is 0 Å². The number of carbonyl (C=O) groups excluding carboxylic acids is 1. The number of rotatable bonds is 5. The predicted molar refractivity (Wildman–Crippen MR) is 111 cm³/mol. The molecule has 1 N–H and O–H groups in total. The molecule has 0 spiro atoms. The Balaban J connectivity index is 1.48. The first-order valence-corrected chi connectivity index (χ1v) is 9.16. The molecule has 4 rings (SSSR count). The van der Waals surface area contributed by atoms with E-state index in [1.54, 1.807) is 42.5 Å². The highest BCUT2D eigenvalue weighted by Crippen LogP contribution is 2.26. The lowest BCUT2D eigenvalue weighted by Crippen LogP contribution is -2.11. The van der Waals surface area contributed by atoms with Gasteiger partial charge in [-0.25, -0.2) is 0 Å². The van der Waals surface area contributed by atoms with Crippen molar-refractivity contribution < 1.29 is 14.1 Å². The molecule has 0 bridgehead atoms. The lowest BCUT2D eigenvalue weighted by Gasteiger charge is -2.08. The first-order chi connectivity index (χ1) is 14.1. The number of benzene rings is 3. The molecule has 0 aliphatic carbocycles. The van der Waals surface area contributed by atoms with Gasteiger partial charge in [-0.15, -0.1) is 0 Å². The normalized spacial score (nSPS) is 10.6. The molecule has 1 amide bonds. The Hall–Kier alpha value is -3.64. The second-order valence-electron chi connectivity index (χ2n) is 6.17. The zero-order valence-corrected chi connectivity index (χ0v) is 16.2. The minimum absolute atomic E-state index is 0.272. The summed E-state index contributed by atoms with van der Waals surface area (Å²) >= 11 is 6.08. The van der Waals surface area contributed by atoms with E-state index in [-0.39, 0.29) is 5.91 Å². The molecule has 0 saturated carbocycles. The molecule has 0 saturated heterocycles. The van der Waals surface area contributed by atoms with Crippen LogP contribution in [-0.4, -0.2) is 23.2 Å². The fraction of sp³-hybridized carbons (Fsp3) is 0.0455. The maximum atomic E-state index is 12.4. The van der Waals surface area contributed by atoms with Crippen LogP contribution < -0.4 is 10.1 Å². The van der Waals surface area contributed by atoms with Crippen LogP contribution in [0.1, 0.15) is 10.4 Å². The van der Waals surface area contributed by atoms with Crippen molar-refractivity contribution in [1.82, 2.24) is 10.1 Å². The molecule has 0 atom stereocenters. The zero-order valence-electron chi connectivity index (χ0n) is 15.4. The van der Waals surface area contributed by atoms with E-state index in [4.69, 9.17) is 20.9 Å². The molecule has 7 heteroatoms. The molecule has 1 heterocycles. The SMILES string of the molecule is COc1ccc(C(=O)Nc2ccc(-c3nc(-c4ccccc4)no3)cc2)cc1Cl. The Kier molecular flexibility index (Phi) is 5.27. The predicted octanol–water partition coefficient (Wildman–Crippen LogP) is 5.32. The number of halogens is 1. The van der Waals surface area contributed by atoms with Crippen LogP contribution in [0.2, 0.25) is 5.02 Å². The summed E-state index contributed by atoms with van der Waals surface area (Å²) in [7, 11) is 1.52. The Bertz CT molecular complexity index is 1140. The number of methoxy groups -OCH3 is 1. The van der Waals surface area contributed by atoms with Gasteiger partial charge in [-0.1, -0.05) is 47.1 Å². The summed E-state index contributed by atoms with van der Waals surface area (Å²) in [5, 5.41) is 7.22. The zero-order chi connectivity index (χ0) is 20.2. The number of amides is 1. The maximum Gasteiger partial charge on any atom is 0.258 e. The van der Waals surface area contributed by atoms with Crippen molar-refractivity contribution in [3.63, 3.8) is 0 Å². The maximum absolute atomic E-state index is 12.4. The Labute approximate surface area is 172 Å². The summed E-state index contributed by atoms with van der Waals surface area (Å²) in [6, 6.07) is 21.6. The van der Waals surface area contributed by atoms with Crippen molar-refractivity contribution in [3.8, 4) is 28.6 Å². The van der Waals surface area contributed by atoms with Crippen molar-refractivity contribution in [2.45, 2.75) is 0 Å². The molecule has 1 aromatic heterocycles. The summed E-state index contributed by atoms with van der Waals surface area (Å²) < 4.78 is 10.5. The molecule has 0 radical (unpaired) electrons. The first kappa shape index (κ1) is 18.7. The van der Waals surface area contributed by atoms with Crippen LogP contribution >= 0.6 is 11.6 Å². The van der Waals surface area contributed by atoms with Gasteiger partial charge in [-0.3, -0.25) is 4.79 Å². The van der Waals surface area contributed by atoms with Gasteiger partial charge in [0.1, 0.15) is 5.75 Å². The monoisotopic (exact) mass is 405 g/mol. The van der Waals surface area contributed by atoms with Gasteiger partial charge in [0.2, 0.25) is 5.82 Å². The van der Waals surface area contributed by atoms with Crippen molar-refractivity contribution in [1.29, 1.82) is 0 Å². The van der Waals surface area contributed by atoms with E-state index in [9.17, 15) is 4.79 Å². The summed E-state index contributed by atoms with van der Waals surface area (Å²) in [5.41, 5.74) is 2.70. The average molecular weight is 406 g/mol. The molecule has 0 fully saturated rings. The van der Waals surface area contributed by atoms with Gasteiger partial charge in [-0.2, -0.15) is 4.98 Å². The number of nitrogens with zero attached hydrogens (tertiary/aromatic N) is 2. The number of carbonyl (C=O) groups is 1. The number of hydrogen-bond donors (Lipinski definition) is 1. The van der Waals surface area contributed by atoms with Crippen molar-refractivity contribution in [2.24, 2.45) is 0 Å². The van der Waals surface area contributed by atoms with E-state index in [2.05, 4.69) is 15.5 Å². The quantitative estimate of drug-likeness (QED) is 0.486. The van der Waals surface area contributed by atoms with Crippen LogP contribution in [0.3, 0.4) is 0 Å². The minimum Gasteiger partial charge on any atom is -0.495 e. The molecular weight excluding hydrogens is 390 g/mol. The molecular formula is C22H16ClN3O3. The van der Waals surface area contributed by atoms with Crippen molar-refractivity contribution in [2.75, 3.05) is 12.4 Å². The van der Waals surface area contributed by atoms with E-state index in [1.807, 2.05) is 30.3 Å². The third-order valence-electron chi connectivity index (χ3n) is 4.26. The summed E-state index contributed by atoms with van der Waals surface area (Å²) in [6.07, 6.45) is 0.